The number of rotatable bonds is 3. The predicted octanol–water partition coefficient (Wildman–Crippen LogP) is 3.81. The van der Waals surface area contributed by atoms with Crippen LogP contribution in [0.1, 0.15) is 20.7 Å². The molecular formula is C12H8Br2N2O3S. The third-order valence-corrected chi connectivity index (χ3v) is 4.79. The van der Waals surface area contributed by atoms with E-state index in [9.17, 15) is 9.59 Å². The number of hydrogen-bond acceptors (Lipinski definition) is 4. The number of carbonyl (C=O) groups excluding carboxylic acids is 1. The molecule has 0 bridgehead atoms. The number of thiophene rings is 1. The molecule has 0 aliphatic carbocycles. The fourth-order valence-corrected chi connectivity index (χ4v) is 4.29. The molecule has 0 aliphatic heterocycles. The lowest BCUT2D eigenvalue weighted by atomic mass is 10.1. The number of benzene rings is 1. The first-order chi connectivity index (χ1) is 9.38. The lowest BCUT2D eigenvalue weighted by Gasteiger charge is -2.08. The van der Waals surface area contributed by atoms with Gasteiger partial charge in [0.15, 0.2) is 0 Å². The molecule has 1 amide bonds. The predicted molar refractivity (Wildman–Crippen MR) is 85.5 cm³/mol. The van der Waals surface area contributed by atoms with Gasteiger partial charge in [0.25, 0.3) is 5.91 Å². The topological polar surface area (TPSA) is 92.4 Å². The Balaban J connectivity index is 2.24. The normalized spacial score (nSPS) is 10.3. The third-order valence-electron chi connectivity index (χ3n) is 2.45. The summed E-state index contributed by atoms with van der Waals surface area (Å²) in [5.41, 5.74) is 6.84. The van der Waals surface area contributed by atoms with Gasteiger partial charge in [0, 0.05) is 0 Å². The van der Waals surface area contributed by atoms with Gasteiger partial charge >= 0.3 is 5.97 Å². The number of nitrogens with one attached hydrogen (secondary N) is 1. The number of aromatic carboxylic acids is 1. The van der Waals surface area contributed by atoms with E-state index in [0.29, 0.717) is 15.0 Å². The highest BCUT2D eigenvalue weighted by molar-refractivity contribution is 9.12. The SMILES string of the molecule is Nc1cc(C(=O)O)ccc1NC(=O)c1cc(Br)sc1Br. The molecule has 0 spiro atoms. The van der Waals surface area contributed by atoms with E-state index in [1.807, 2.05) is 0 Å². The van der Waals surface area contributed by atoms with Gasteiger partial charge in [-0.1, -0.05) is 0 Å². The van der Waals surface area contributed by atoms with Gasteiger partial charge in [-0.2, -0.15) is 0 Å². The number of halogens is 2. The maximum Gasteiger partial charge on any atom is 0.335 e. The molecule has 2 aromatic rings. The van der Waals surface area contributed by atoms with Crippen LogP contribution < -0.4 is 11.1 Å². The minimum absolute atomic E-state index is 0.0694. The van der Waals surface area contributed by atoms with Crippen molar-refractivity contribution in [1.29, 1.82) is 0 Å². The molecule has 0 unspecified atom stereocenters. The van der Waals surface area contributed by atoms with E-state index >= 15 is 0 Å². The highest BCUT2D eigenvalue weighted by atomic mass is 79.9. The van der Waals surface area contributed by atoms with Gasteiger partial charge < -0.3 is 16.2 Å². The quantitative estimate of drug-likeness (QED) is 0.659. The van der Waals surface area contributed by atoms with Crippen LogP contribution in [0.4, 0.5) is 11.4 Å². The zero-order valence-corrected chi connectivity index (χ0v) is 13.8. The Morgan fingerprint density at radius 1 is 1.25 bits per heavy atom. The summed E-state index contributed by atoms with van der Waals surface area (Å²) in [7, 11) is 0. The van der Waals surface area contributed by atoms with Crippen LogP contribution in [0.2, 0.25) is 0 Å². The number of amides is 1. The van der Waals surface area contributed by atoms with E-state index in [1.165, 1.54) is 29.5 Å². The van der Waals surface area contributed by atoms with Crippen molar-refractivity contribution in [3.8, 4) is 0 Å². The summed E-state index contributed by atoms with van der Waals surface area (Å²) in [6.45, 7) is 0. The van der Waals surface area contributed by atoms with E-state index < -0.39 is 5.97 Å². The number of carboxylic acids is 1. The number of anilines is 2. The van der Waals surface area contributed by atoms with Crippen molar-refractivity contribution in [2.45, 2.75) is 0 Å². The van der Waals surface area contributed by atoms with Crippen molar-refractivity contribution in [3.05, 3.63) is 43.0 Å². The van der Waals surface area contributed by atoms with E-state index in [2.05, 4.69) is 37.2 Å². The lowest BCUT2D eigenvalue weighted by Crippen LogP contribution is -2.13. The first kappa shape index (κ1) is 15.0. The second-order valence-electron chi connectivity index (χ2n) is 3.80. The molecular weight excluding hydrogens is 412 g/mol. The van der Waals surface area contributed by atoms with E-state index in [4.69, 9.17) is 10.8 Å². The number of nitrogen functional groups attached to an aromatic ring is 1. The van der Waals surface area contributed by atoms with Crippen LogP contribution >= 0.6 is 43.2 Å². The monoisotopic (exact) mass is 418 g/mol. The summed E-state index contributed by atoms with van der Waals surface area (Å²) in [6, 6.07) is 5.83. The van der Waals surface area contributed by atoms with Crippen molar-refractivity contribution >= 4 is 66.4 Å². The van der Waals surface area contributed by atoms with E-state index in [1.54, 1.807) is 6.07 Å². The van der Waals surface area contributed by atoms with Crippen LogP contribution in [-0.4, -0.2) is 17.0 Å². The largest absolute Gasteiger partial charge is 0.478 e. The van der Waals surface area contributed by atoms with Gasteiger partial charge in [-0.05, 0) is 56.1 Å². The highest BCUT2D eigenvalue weighted by Gasteiger charge is 2.15. The molecule has 0 fully saturated rings. The summed E-state index contributed by atoms with van der Waals surface area (Å²) in [5, 5.41) is 11.5. The van der Waals surface area contributed by atoms with Crippen LogP contribution in [0.15, 0.2) is 31.8 Å². The fourth-order valence-electron chi connectivity index (χ4n) is 1.49. The average molecular weight is 420 g/mol. The molecule has 2 rings (SSSR count). The summed E-state index contributed by atoms with van der Waals surface area (Å²) >= 11 is 7.98. The third kappa shape index (κ3) is 3.20. The Morgan fingerprint density at radius 2 is 1.95 bits per heavy atom. The Bertz CT molecular complexity index is 700. The molecule has 1 heterocycles. The van der Waals surface area contributed by atoms with Gasteiger partial charge in [0.2, 0.25) is 0 Å². The molecule has 4 N–H and O–H groups in total. The molecule has 8 heteroatoms. The molecule has 0 radical (unpaired) electrons. The number of hydrogen-bond donors (Lipinski definition) is 3. The van der Waals surface area contributed by atoms with Gasteiger partial charge in [0.05, 0.1) is 30.1 Å². The Morgan fingerprint density at radius 3 is 2.45 bits per heavy atom. The first-order valence-corrected chi connectivity index (χ1v) is 7.67. The molecule has 0 saturated carbocycles. The smallest absolute Gasteiger partial charge is 0.335 e. The molecule has 0 atom stereocenters. The van der Waals surface area contributed by atoms with Crippen LogP contribution in [0, 0.1) is 0 Å². The molecule has 1 aromatic heterocycles. The number of carbonyl (C=O) groups is 2. The van der Waals surface area contributed by atoms with Gasteiger partial charge in [-0.3, -0.25) is 4.79 Å². The van der Waals surface area contributed by atoms with E-state index in [-0.39, 0.29) is 17.2 Å². The number of nitrogens with two attached hydrogens (primary N) is 1. The van der Waals surface area contributed by atoms with Crippen LogP contribution in [0.3, 0.4) is 0 Å². The van der Waals surface area contributed by atoms with E-state index in [0.717, 1.165) is 3.79 Å². The Kier molecular flexibility index (Phi) is 4.46. The molecule has 0 saturated heterocycles. The zero-order chi connectivity index (χ0) is 14.9. The second kappa shape index (κ2) is 5.94. The van der Waals surface area contributed by atoms with Crippen molar-refractivity contribution in [3.63, 3.8) is 0 Å². The second-order valence-corrected chi connectivity index (χ2v) is 7.55. The lowest BCUT2D eigenvalue weighted by molar-refractivity contribution is 0.0697. The molecule has 5 nitrogen and oxygen atoms in total. The first-order valence-electron chi connectivity index (χ1n) is 5.27. The van der Waals surface area contributed by atoms with Gasteiger partial charge in [-0.25, -0.2) is 4.79 Å². The van der Waals surface area contributed by atoms with Gasteiger partial charge in [-0.15, -0.1) is 11.3 Å². The van der Waals surface area contributed by atoms with Crippen molar-refractivity contribution in [2.24, 2.45) is 0 Å². The van der Waals surface area contributed by atoms with Crippen LogP contribution in [0.5, 0.6) is 0 Å². The van der Waals surface area contributed by atoms with Gasteiger partial charge in [0.1, 0.15) is 0 Å². The minimum Gasteiger partial charge on any atom is -0.478 e. The molecule has 1 aromatic carbocycles. The molecule has 20 heavy (non-hydrogen) atoms. The highest BCUT2D eigenvalue weighted by Crippen LogP contribution is 2.32. The maximum absolute atomic E-state index is 12.1. The summed E-state index contributed by atoms with van der Waals surface area (Å²) in [4.78, 5) is 22.9. The van der Waals surface area contributed by atoms with Crippen LogP contribution in [-0.2, 0) is 0 Å². The summed E-state index contributed by atoms with van der Waals surface area (Å²) < 4.78 is 1.52. The maximum atomic E-state index is 12.1. The summed E-state index contributed by atoms with van der Waals surface area (Å²) in [5.74, 6) is -1.40. The Hall–Kier alpha value is -1.38. The average Bonchev–Trinajstić information content (AvgIpc) is 2.70. The molecule has 104 valence electrons. The minimum atomic E-state index is -1.07. The van der Waals surface area contributed by atoms with Crippen molar-refractivity contribution in [2.75, 3.05) is 11.1 Å². The Labute approximate surface area is 135 Å². The zero-order valence-electron chi connectivity index (χ0n) is 9.81. The van der Waals surface area contributed by atoms with Crippen molar-refractivity contribution < 1.29 is 14.7 Å². The fraction of sp³-hybridized carbons (Fsp3) is 0. The number of carboxylic acid groups (broad SMARTS) is 1. The van der Waals surface area contributed by atoms with Crippen LogP contribution in [0.25, 0.3) is 0 Å². The van der Waals surface area contributed by atoms with Crippen molar-refractivity contribution in [1.82, 2.24) is 0 Å². The standard InChI is InChI=1S/C12H8Br2N2O3S/c13-9-4-6(10(14)20-9)11(17)16-8-2-1-5(12(18)19)3-7(8)15/h1-4H,15H2,(H,16,17)(H,18,19). The molecule has 0 aliphatic rings. The summed E-state index contributed by atoms with van der Waals surface area (Å²) in [6.07, 6.45) is 0.